The Hall–Kier alpha value is -1.56. The molecule has 5 nitrogen and oxygen atoms in total. The average Bonchev–Trinajstić information content (AvgIpc) is 2.81. The van der Waals surface area contributed by atoms with Crippen molar-refractivity contribution in [1.82, 2.24) is 19.6 Å². The van der Waals surface area contributed by atoms with Crippen LogP contribution < -0.4 is 5.32 Å². The molecule has 0 aliphatic heterocycles. The van der Waals surface area contributed by atoms with Crippen LogP contribution in [0.15, 0.2) is 12.4 Å². The van der Waals surface area contributed by atoms with Crippen molar-refractivity contribution in [2.45, 2.75) is 26.9 Å². The maximum Gasteiger partial charge on any atom is 0.127 e. The summed E-state index contributed by atoms with van der Waals surface area (Å²) in [6.45, 7) is 4.46. The summed E-state index contributed by atoms with van der Waals surface area (Å²) in [5.74, 6) is 0.871. The molecule has 19 heavy (non-hydrogen) atoms. The molecule has 1 N–H and O–H groups in total. The molecule has 2 aromatic heterocycles. The van der Waals surface area contributed by atoms with Crippen molar-refractivity contribution in [2.75, 3.05) is 12.0 Å². The zero-order valence-corrected chi connectivity index (χ0v) is 12.2. The third-order valence-corrected chi connectivity index (χ3v) is 2.88. The lowest BCUT2D eigenvalue weighted by molar-refractivity contribution is 0.429. The van der Waals surface area contributed by atoms with E-state index in [0.29, 0.717) is 6.54 Å². The van der Waals surface area contributed by atoms with Gasteiger partial charge in [0.25, 0.3) is 0 Å². The Labute approximate surface area is 118 Å². The first-order valence-corrected chi connectivity index (χ1v) is 5.93. The van der Waals surface area contributed by atoms with E-state index in [9.17, 15) is 4.39 Å². The Balaban J connectivity index is 0.00000180. The van der Waals surface area contributed by atoms with E-state index >= 15 is 0 Å². The van der Waals surface area contributed by atoms with Crippen molar-refractivity contribution in [1.29, 1.82) is 0 Å². The topological polar surface area (TPSA) is 47.7 Å². The molecule has 0 aliphatic rings. The van der Waals surface area contributed by atoms with Gasteiger partial charge >= 0.3 is 0 Å². The fourth-order valence-electron chi connectivity index (χ4n) is 1.96. The Kier molecular flexibility index (Phi) is 5.35. The minimum absolute atomic E-state index is 0. The van der Waals surface area contributed by atoms with Crippen molar-refractivity contribution < 1.29 is 4.39 Å². The second-order valence-electron chi connectivity index (χ2n) is 4.36. The predicted molar refractivity (Wildman–Crippen MR) is 75.5 cm³/mol. The number of alkyl halides is 1. The van der Waals surface area contributed by atoms with Gasteiger partial charge in [0.1, 0.15) is 12.5 Å². The zero-order valence-electron chi connectivity index (χ0n) is 11.4. The first-order valence-electron chi connectivity index (χ1n) is 5.93. The van der Waals surface area contributed by atoms with E-state index in [-0.39, 0.29) is 19.0 Å². The summed E-state index contributed by atoms with van der Waals surface area (Å²) in [6, 6.07) is 0. The van der Waals surface area contributed by atoms with Gasteiger partial charge in [0, 0.05) is 30.9 Å². The van der Waals surface area contributed by atoms with Gasteiger partial charge < -0.3 is 5.32 Å². The van der Waals surface area contributed by atoms with E-state index in [1.54, 1.807) is 15.6 Å². The first kappa shape index (κ1) is 15.5. The largest absolute Gasteiger partial charge is 0.366 e. The van der Waals surface area contributed by atoms with Crippen LogP contribution in [0.25, 0.3) is 0 Å². The summed E-state index contributed by atoms with van der Waals surface area (Å²) in [7, 11) is 1.90. The summed E-state index contributed by atoms with van der Waals surface area (Å²) in [5.41, 5.74) is 3.15. The Morgan fingerprint density at radius 1 is 1.37 bits per heavy atom. The van der Waals surface area contributed by atoms with Gasteiger partial charge in [0.05, 0.1) is 18.4 Å². The van der Waals surface area contributed by atoms with E-state index in [2.05, 4.69) is 15.5 Å². The minimum atomic E-state index is -0.415. The number of aryl methyl sites for hydroxylation is 4. The molecular formula is C12H19ClFN5. The van der Waals surface area contributed by atoms with Gasteiger partial charge in [-0.2, -0.15) is 10.2 Å². The molecule has 2 rings (SSSR count). The molecule has 7 heteroatoms. The van der Waals surface area contributed by atoms with Gasteiger partial charge in [-0.3, -0.25) is 4.68 Å². The molecular weight excluding hydrogens is 269 g/mol. The molecule has 0 bridgehead atoms. The van der Waals surface area contributed by atoms with Gasteiger partial charge in [0.15, 0.2) is 0 Å². The molecule has 0 unspecified atom stereocenters. The Bertz CT molecular complexity index is 534. The van der Waals surface area contributed by atoms with Crippen LogP contribution in [0.2, 0.25) is 0 Å². The van der Waals surface area contributed by atoms with Crippen LogP contribution in [-0.2, 0) is 20.1 Å². The summed E-state index contributed by atoms with van der Waals surface area (Å²) < 4.78 is 15.8. The lowest BCUT2D eigenvalue weighted by Crippen LogP contribution is -2.10. The summed E-state index contributed by atoms with van der Waals surface area (Å²) in [6.07, 6.45) is 3.72. The van der Waals surface area contributed by atoms with E-state index < -0.39 is 6.67 Å². The van der Waals surface area contributed by atoms with Crippen molar-refractivity contribution in [3.63, 3.8) is 0 Å². The van der Waals surface area contributed by atoms with Crippen LogP contribution in [0.5, 0.6) is 0 Å². The van der Waals surface area contributed by atoms with Gasteiger partial charge in [-0.15, -0.1) is 12.4 Å². The molecule has 0 spiro atoms. The van der Waals surface area contributed by atoms with Crippen LogP contribution in [0.1, 0.15) is 16.8 Å². The highest BCUT2D eigenvalue weighted by atomic mass is 35.5. The second kappa shape index (κ2) is 6.56. The van der Waals surface area contributed by atoms with Crippen molar-refractivity contribution >= 4 is 18.2 Å². The molecule has 2 heterocycles. The van der Waals surface area contributed by atoms with Gasteiger partial charge in [-0.25, -0.2) is 9.07 Å². The molecule has 0 radical (unpaired) electrons. The number of rotatable bonds is 5. The maximum absolute atomic E-state index is 12.4. The lowest BCUT2D eigenvalue weighted by Gasteiger charge is -2.09. The highest BCUT2D eigenvalue weighted by Crippen LogP contribution is 2.16. The van der Waals surface area contributed by atoms with E-state index in [4.69, 9.17) is 0 Å². The molecule has 0 aromatic carbocycles. The van der Waals surface area contributed by atoms with Crippen LogP contribution in [-0.4, -0.2) is 26.2 Å². The Morgan fingerprint density at radius 3 is 2.68 bits per heavy atom. The van der Waals surface area contributed by atoms with Gasteiger partial charge in [-0.05, 0) is 13.8 Å². The molecule has 0 saturated heterocycles. The van der Waals surface area contributed by atoms with E-state index in [0.717, 1.165) is 22.6 Å². The first-order chi connectivity index (χ1) is 8.61. The number of hydrogen-bond donors (Lipinski definition) is 1. The number of aromatic nitrogens is 4. The van der Waals surface area contributed by atoms with Gasteiger partial charge in [-0.1, -0.05) is 0 Å². The standard InChI is InChI=1S/C12H18FN5.ClH/c1-9-6-15-18(5-4-13)12(9)14-7-11-8-17(3)16-10(11)2;/h6,8,14H,4-5,7H2,1-3H3;1H. The number of halogens is 2. The molecule has 0 amide bonds. The average molecular weight is 288 g/mol. The summed E-state index contributed by atoms with van der Waals surface area (Å²) in [5, 5.41) is 11.7. The maximum atomic E-state index is 12.4. The van der Waals surface area contributed by atoms with Crippen molar-refractivity contribution in [3.8, 4) is 0 Å². The molecule has 0 atom stereocenters. The predicted octanol–water partition coefficient (Wildman–Crippen LogP) is 2.24. The molecule has 106 valence electrons. The van der Waals surface area contributed by atoms with Crippen LogP contribution in [0, 0.1) is 13.8 Å². The SMILES string of the molecule is Cc1cnn(CCF)c1NCc1cn(C)nc1C.Cl. The monoisotopic (exact) mass is 287 g/mol. The summed E-state index contributed by atoms with van der Waals surface area (Å²) in [4.78, 5) is 0. The van der Waals surface area contributed by atoms with Crippen LogP contribution >= 0.6 is 12.4 Å². The molecule has 0 saturated carbocycles. The zero-order chi connectivity index (χ0) is 13.1. The normalized spacial score (nSPS) is 10.3. The number of hydrogen-bond acceptors (Lipinski definition) is 3. The lowest BCUT2D eigenvalue weighted by atomic mass is 10.2. The number of anilines is 1. The van der Waals surface area contributed by atoms with Crippen LogP contribution in [0.3, 0.4) is 0 Å². The van der Waals surface area contributed by atoms with E-state index in [1.165, 1.54) is 0 Å². The summed E-state index contributed by atoms with van der Waals surface area (Å²) >= 11 is 0. The van der Waals surface area contributed by atoms with Crippen LogP contribution in [0.4, 0.5) is 10.2 Å². The molecule has 0 aliphatic carbocycles. The highest BCUT2D eigenvalue weighted by Gasteiger charge is 2.08. The fraction of sp³-hybridized carbons (Fsp3) is 0.500. The highest BCUT2D eigenvalue weighted by molar-refractivity contribution is 5.85. The van der Waals surface area contributed by atoms with Gasteiger partial charge in [0.2, 0.25) is 0 Å². The smallest absolute Gasteiger partial charge is 0.127 e. The Morgan fingerprint density at radius 2 is 2.11 bits per heavy atom. The number of nitrogens with one attached hydrogen (secondary N) is 1. The third kappa shape index (κ3) is 3.47. The van der Waals surface area contributed by atoms with Crippen molar-refractivity contribution in [3.05, 3.63) is 29.2 Å². The molecule has 0 fully saturated rings. The minimum Gasteiger partial charge on any atom is -0.366 e. The molecule has 2 aromatic rings. The second-order valence-corrected chi connectivity index (χ2v) is 4.36. The third-order valence-electron chi connectivity index (χ3n) is 2.88. The van der Waals surface area contributed by atoms with E-state index in [1.807, 2.05) is 27.1 Å². The fourth-order valence-corrected chi connectivity index (χ4v) is 1.96. The number of nitrogens with zero attached hydrogens (tertiary/aromatic N) is 4. The van der Waals surface area contributed by atoms with Crippen molar-refractivity contribution in [2.24, 2.45) is 7.05 Å². The quantitative estimate of drug-likeness (QED) is 0.917.